The van der Waals surface area contributed by atoms with Gasteiger partial charge in [0.1, 0.15) is 0 Å². The van der Waals surface area contributed by atoms with Crippen LogP contribution in [0.15, 0.2) is 47.4 Å². The third-order valence-corrected chi connectivity index (χ3v) is 5.56. The summed E-state index contributed by atoms with van der Waals surface area (Å²) in [6.07, 6.45) is 0.802. The van der Waals surface area contributed by atoms with E-state index in [9.17, 15) is 8.42 Å². The normalized spacial score (nSPS) is 18.3. The Morgan fingerprint density at radius 1 is 0.944 bits per heavy atom. The van der Waals surface area contributed by atoms with Crippen molar-refractivity contribution in [3.63, 3.8) is 0 Å². The standard InChI is InChI=1S/C14H11NO2S/c16-18(17)13-7-2-1-5-11(13)12-6-3-4-10-8-9-15(18)14(10)12/h1-7H,8-9H2. The van der Waals surface area contributed by atoms with Crippen molar-refractivity contribution in [1.82, 2.24) is 0 Å². The second-order valence-corrected chi connectivity index (χ2v) is 6.47. The van der Waals surface area contributed by atoms with Gasteiger partial charge in [0, 0.05) is 17.7 Å². The Kier molecular flexibility index (Phi) is 1.77. The largest absolute Gasteiger partial charge is 0.265 e. The molecule has 0 amide bonds. The lowest BCUT2D eigenvalue weighted by molar-refractivity contribution is 0.592. The minimum Gasteiger partial charge on any atom is -0.265 e. The molecule has 4 rings (SSSR count). The molecule has 0 aromatic heterocycles. The van der Waals surface area contributed by atoms with Crippen LogP contribution in [0.2, 0.25) is 0 Å². The van der Waals surface area contributed by atoms with Crippen LogP contribution in [-0.2, 0) is 16.4 Å². The first-order valence-electron chi connectivity index (χ1n) is 5.93. The molecule has 0 aliphatic carbocycles. The Bertz CT molecular complexity index is 765. The highest BCUT2D eigenvalue weighted by atomic mass is 32.2. The van der Waals surface area contributed by atoms with E-state index < -0.39 is 10.0 Å². The summed E-state index contributed by atoms with van der Waals surface area (Å²) < 4.78 is 26.7. The molecule has 3 nitrogen and oxygen atoms in total. The molecule has 0 fully saturated rings. The first-order valence-corrected chi connectivity index (χ1v) is 7.37. The number of hydrogen-bond acceptors (Lipinski definition) is 2. The zero-order chi connectivity index (χ0) is 12.3. The number of fused-ring (bicyclic) bond motifs is 2. The molecule has 0 saturated carbocycles. The summed E-state index contributed by atoms with van der Waals surface area (Å²) in [6, 6.07) is 13.3. The van der Waals surface area contributed by atoms with Crippen molar-refractivity contribution in [1.29, 1.82) is 0 Å². The van der Waals surface area contributed by atoms with Crippen LogP contribution in [0, 0.1) is 0 Å². The summed E-state index contributed by atoms with van der Waals surface area (Å²) in [5, 5.41) is 0. The van der Waals surface area contributed by atoms with Crippen LogP contribution in [0.3, 0.4) is 0 Å². The molecular weight excluding hydrogens is 246 g/mol. The van der Waals surface area contributed by atoms with Crippen molar-refractivity contribution < 1.29 is 8.42 Å². The summed E-state index contributed by atoms with van der Waals surface area (Å²) in [4.78, 5) is 0.427. The summed E-state index contributed by atoms with van der Waals surface area (Å²) in [5.74, 6) is 0. The zero-order valence-corrected chi connectivity index (χ0v) is 10.4. The molecule has 90 valence electrons. The van der Waals surface area contributed by atoms with E-state index in [1.807, 2.05) is 30.3 Å². The first kappa shape index (κ1) is 10.1. The minimum atomic E-state index is -3.36. The molecule has 2 aliphatic heterocycles. The molecule has 2 heterocycles. The van der Waals surface area contributed by atoms with Gasteiger partial charge in [-0.15, -0.1) is 0 Å². The van der Waals surface area contributed by atoms with Crippen LogP contribution in [0.1, 0.15) is 5.56 Å². The van der Waals surface area contributed by atoms with E-state index in [0.717, 1.165) is 28.8 Å². The molecule has 2 aliphatic rings. The molecule has 0 spiro atoms. The second-order valence-electron chi connectivity index (χ2n) is 4.64. The van der Waals surface area contributed by atoms with E-state index in [1.54, 1.807) is 16.4 Å². The van der Waals surface area contributed by atoms with E-state index in [0.29, 0.717) is 11.4 Å². The van der Waals surface area contributed by atoms with Crippen molar-refractivity contribution in [2.45, 2.75) is 11.3 Å². The van der Waals surface area contributed by atoms with E-state index >= 15 is 0 Å². The maximum absolute atomic E-state index is 12.6. The van der Waals surface area contributed by atoms with Gasteiger partial charge in [-0.2, -0.15) is 0 Å². The van der Waals surface area contributed by atoms with Crippen molar-refractivity contribution in [3.8, 4) is 11.1 Å². The average molecular weight is 257 g/mol. The molecule has 2 aromatic rings. The van der Waals surface area contributed by atoms with Gasteiger partial charge in [0.25, 0.3) is 10.0 Å². The maximum atomic E-state index is 12.6. The minimum absolute atomic E-state index is 0.427. The molecule has 0 atom stereocenters. The Morgan fingerprint density at radius 3 is 2.61 bits per heavy atom. The molecule has 2 aromatic carbocycles. The highest BCUT2D eigenvalue weighted by molar-refractivity contribution is 7.93. The lowest BCUT2D eigenvalue weighted by Crippen LogP contribution is -2.32. The summed E-state index contributed by atoms with van der Waals surface area (Å²) in [7, 11) is -3.36. The number of anilines is 1. The lowest BCUT2D eigenvalue weighted by atomic mass is 10.0. The van der Waals surface area contributed by atoms with E-state index in [1.165, 1.54) is 0 Å². The number of nitrogens with zero attached hydrogens (tertiary/aromatic N) is 1. The number of benzene rings is 2. The highest BCUT2D eigenvalue weighted by Gasteiger charge is 2.38. The van der Waals surface area contributed by atoms with Gasteiger partial charge in [-0.1, -0.05) is 36.4 Å². The zero-order valence-electron chi connectivity index (χ0n) is 9.63. The summed E-state index contributed by atoms with van der Waals surface area (Å²) in [6.45, 7) is 0.559. The predicted octanol–water partition coefficient (Wildman–Crippen LogP) is 2.42. The smallest absolute Gasteiger partial charge is 0.264 e. The third kappa shape index (κ3) is 1.06. The van der Waals surface area contributed by atoms with Crippen LogP contribution in [0.4, 0.5) is 5.69 Å². The van der Waals surface area contributed by atoms with Crippen molar-refractivity contribution in [2.75, 3.05) is 10.8 Å². The molecule has 0 N–H and O–H groups in total. The quantitative estimate of drug-likeness (QED) is 0.727. The number of hydrogen-bond donors (Lipinski definition) is 0. The SMILES string of the molecule is O=S1(=O)c2ccccc2-c2cccc3c2N1CC3. The van der Waals surface area contributed by atoms with Crippen molar-refractivity contribution in [2.24, 2.45) is 0 Å². The highest BCUT2D eigenvalue weighted by Crippen LogP contribution is 2.47. The lowest BCUT2D eigenvalue weighted by Gasteiger charge is -2.28. The third-order valence-electron chi connectivity index (χ3n) is 3.70. The Balaban J connectivity index is 2.19. The van der Waals surface area contributed by atoms with Gasteiger partial charge < -0.3 is 0 Å². The van der Waals surface area contributed by atoms with Crippen LogP contribution in [0.5, 0.6) is 0 Å². The fourth-order valence-corrected chi connectivity index (χ4v) is 4.64. The first-order chi connectivity index (χ1) is 8.69. The van der Waals surface area contributed by atoms with Crippen molar-refractivity contribution in [3.05, 3.63) is 48.0 Å². The van der Waals surface area contributed by atoms with E-state index in [4.69, 9.17) is 0 Å². The van der Waals surface area contributed by atoms with Gasteiger partial charge in [-0.05, 0) is 18.1 Å². The molecular formula is C14H11NO2S. The summed E-state index contributed by atoms with van der Waals surface area (Å²) in [5.41, 5.74) is 3.88. The van der Waals surface area contributed by atoms with Gasteiger partial charge in [-0.3, -0.25) is 4.31 Å². The predicted molar refractivity (Wildman–Crippen MR) is 70.1 cm³/mol. The topological polar surface area (TPSA) is 37.4 Å². The molecule has 0 bridgehead atoms. The van der Waals surface area contributed by atoms with E-state index in [-0.39, 0.29) is 0 Å². The Hall–Kier alpha value is -1.81. The van der Waals surface area contributed by atoms with Gasteiger partial charge in [0.15, 0.2) is 0 Å². The fraction of sp³-hybridized carbons (Fsp3) is 0.143. The maximum Gasteiger partial charge on any atom is 0.264 e. The van der Waals surface area contributed by atoms with Crippen LogP contribution >= 0.6 is 0 Å². The number of sulfonamides is 1. The van der Waals surface area contributed by atoms with E-state index in [2.05, 4.69) is 0 Å². The van der Waals surface area contributed by atoms with Gasteiger partial charge in [0.2, 0.25) is 0 Å². The van der Waals surface area contributed by atoms with Crippen LogP contribution in [-0.4, -0.2) is 15.0 Å². The van der Waals surface area contributed by atoms with Crippen LogP contribution in [0.25, 0.3) is 11.1 Å². The number of para-hydroxylation sites is 1. The average Bonchev–Trinajstić information content (AvgIpc) is 2.82. The van der Waals surface area contributed by atoms with Crippen LogP contribution < -0.4 is 4.31 Å². The van der Waals surface area contributed by atoms with Gasteiger partial charge in [0.05, 0.1) is 10.6 Å². The molecule has 0 radical (unpaired) electrons. The molecule has 18 heavy (non-hydrogen) atoms. The number of rotatable bonds is 0. The Morgan fingerprint density at radius 2 is 1.72 bits per heavy atom. The summed E-state index contributed by atoms with van der Waals surface area (Å²) >= 11 is 0. The second kappa shape index (κ2) is 3.14. The molecule has 0 saturated heterocycles. The Labute approximate surface area is 106 Å². The fourth-order valence-electron chi connectivity index (χ4n) is 2.91. The monoisotopic (exact) mass is 257 g/mol. The molecule has 0 unspecified atom stereocenters. The molecule has 4 heteroatoms. The van der Waals surface area contributed by atoms with Gasteiger partial charge in [-0.25, -0.2) is 8.42 Å². The van der Waals surface area contributed by atoms with Crippen molar-refractivity contribution >= 4 is 15.7 Å². The van der Waals surface area contributed by atoms with Gasteiger partial charge >= 0.3 is 0 Å².